The molecule has 3 N–H and O–H groups in total. The Hall–Kier alpha value is -1.59. The van der Waals surface area contributed by atoms with Gasteiger partial charge in [-0.25, -0.2) is 9.67 Å². The van der Waals surface area contributed by atoms with E-state index in [1.165, 1.54) is 6.33 Å². The molecule has 1 saturated carbocycles. The average molecular weight is 264 g/mol. The van der Waals surface area contributed by atoms with Gasteiger partial charge in [-0.2, -0.15) is 5.10 Å². The maximum Gasteiger partial charge on any atom is 0.138 e. The molecule has 2 aromatic rings. The predicted octanol–water partition coefficient (Wildman–Crippen LogP) is 1.82. The van der Waals surface area contributed by atoms with Crippen molar-refractivity contribution in [1.29, 1.82) is 0 Å². The quantitative estimate of drug-likeness (QED) is 0.886. The number of benzene rings is 1. The number of rotatable bonds is 3. The summed E-state index contributed by atoms with van der Waals surface area (Å²) < 4.78 is 1.72. The molecule has 0 aliphatic heterocycles. The van der Waals surface area contributed by atoms with E-state index in [-0.39, 0.29) is 0 Å². The Bertz CT molecular complexity index is 533. The van der Waals surface area contributed by atoms with E-state index in [0.717, 1.165) is 24.2 Å². The Labute approximate surface area is 110 Å². The third-order valence-electron chi connectivity index (χ3n) is 3.16. The summed E-state index contributed by atoms with van der Waals surface area (Å²) in [7, 11) is 0. The van der Waals surface area contributed by atoms with Gasteiger partial charge in [-0.05, 0) is 31.0 Å². The van der Waals surface area contributed by atoms with Gasteiger partial charge in [0.05, 0.1) is 11.4 Å². The molecule has 1 aliphatic rings. The maximum absolute atomic E-state index is 6.04. The lowest BCUT2D eigenvalue weighted by atomic mass is 9.87. The molecule has 0 amide bonds. The number of anilines is 1. The topological polar surface area (TPSA) is 68.8 Å². The van der Waals surface area contributed by atoms with Crippen molar-refractivity contribution in [2.45, 2.75) is 24.9 Å². The monoisotopic (exact) mass is 263 g/mol. The van der Waals surface area contributed by atoms with Gasteiger partial charge in [-0.1, -0.05) is 11.6 Å². The minimum atomic E-state index is 0.316. The molecule has 0 spiro atoms. The number of nitrogens with one attached hydrogen (secondary N) is 1. The van der Waals surface area contributed by atoms with Crippen LogP contribution in [0.3, 0.4) is 0 Å². The van der Waals surface area contributed by atoms with Crippen molar-refractivity contribution in [2.75, 3.05) is 5.32 Å². The Morgan fingerprint density at radius 3 is 2.89 bits per heavy atom. The molecule has 0 radical (unpaired) electrons. The summed E-state index contributed by atoms with van der Waals surface area (Å²) in [6.45, 7) is 0. The van der Waals surface area contributed by atoms with Gasteiger partial charge in [0.1, 0.15) is 12.7 Å². The van der Waals surface area contributed by atoms with E-state index in [4.69, 9.17) is 17.3 Å². The summed E-state index contributed by atoms with van der Waals surface area (Å²) in [5, 5.41) is 8.29. The Kier molecular flexibility index (Phi) is 2.93. The highest BCUT2D eigenvalue weighted by Crippen LogP contribution is 2.28. The Morgan fingerprint density at radius 2 is 2.22 bits per heavy atom. The van der Waals surface area contributed by atoms with Crippen molar-refractivity contribution in [3.63, 3.8) is 0 Å². The zero-order valence-electron chi connectivity index (χ0n) is 9.75. The molecule has 6 heteroatoms. The zero-order valence-corrected chi connectivity index (χ0v) is 10.5. The largest absolute Gasteiger partial charge is 0.380 e. The van der Waals surface area contributed by atoms with Gasteiger partial charge in [0.15, 0.2) is 0 Å². The summed E-state index contributed by atoms with van der Waals surface area (Å²) >= 11 is 6.04. The van der Waals surface area contributed by atoms with Crippen molar-refractivity contribution >= 4 is 17.3 Å². The lowest BCUT2D eigenvalue weighted by Gasteiger charge is -2.34. The minimum Gasteiger partial charge on any atom is -0.380 e. The van der Waals surface area contributed by atoms with Gasteiger partial charge in [0, 0.05) is 17.1 Å². The molecule has 1 aromatic carbocycles. The lowest BCUT2D eigenvalue weighted by molar-refractivity contribution is 0.373. The first kappa shape index (κ1) is 11.5. The van der Waals surface area contributed by atoms with Crippen LogP contribution >= 0.6 is 11.6 Å². The van der Waals surface area contributed by atoms with Crippen LogP contribution in [0, 0.1) is 0 Å². The van der Waals surface area contributed by atoms with Crippen molar-refractivity contribution < 1.29 is 0 Å². The highest BCUT2D eigenvalue weighted by Gasteiger charge is 2.26. The van der Waals surface area contributed by atoms with Gasteiger partial charge >= 0.3 is 0 Å². The Morgan fingerprint density at radius 1 is 1.39 bits per heavy atom. The molecule has 1 aromatic heterocycles. The normalized spacial score (nSPS) is 22.6. The molecule has 0 bridgehead atoms. The van der Waals surface area contributed by atoms with E-state index in [0.29, 0.717) is 17.1 Å². The van der Waals surface area contributed by atoms with Crippen LogP contribution in [0.4, 0.5) is 5.69 Å². The number of halogens is 1. The van der Waals surface area contributed by atoms with Crippen LogP contribution in [-0.2, 0) is 0 Å². The zero-order chi connectivity index (χ0) is 12.5. The fraction of sp³-hybridized carbons (Fsp3) is 0.333. The fourth-order valence-corrected chi connectivity index (χ4v) is 2.33. The van der Waals surface area contributed by atoms with Gasteiger partial charge in [0.25, 0.3) is 0 Å². The van der Waals surface area contributed by atoms with Crippen molar-refractivity contribution in [3.8, 4) is 5.69 Å². The first-order valence-corrected chi connectivity index (χ1v) is 6.27. The number of hydrogen-bond acceptors (Lipinski definition) is 4. The van der Waals surface area contributed by atoms with Crippen LogP contribution in [0.2, 0.25) is 5.02 Å². The first-order chi connectivity index (χ1) is 8.72. The van der Waals surface area contributed by atoms with Crippen LogP contribution in [0.1, 0.15) is 12.8 Å². The summed E-state index contributed by atoms with van der Waals surface area (Å²) in [5.74, 6) is 0. The van der Waals surface area contributed by atoms with Gasteiger partial charge in [-0.3, -0.25) is 0 Å². The molecule has 3 rings (SSSR count). The van der Waals surface area contributed by atoms with Gasteiger partial charge < -0.3 is 11.1 Å². The summed E-state index contributed by atoms with van der Waals surface area (Å²) in [6.07, 6.45) is 5.16. The van der Waals surface area contributed by atoms with E-state index in [9.17, 15) is 0 Å². The number of hydrogen-bond donors (Lipinski definition) is 2. The summed E-state index contributed by atoms with van der Waals surface area (Å²) in [6, 6.07) is 6.41. The Balaban J connectivity index is 1.89. The third kappa shape index (κ3) is 2.19. The average Bonchev–Trinajstić information content (AvgIpc) is 2.80. The molecule has 1 fully saturated rings. The lowest BCUT2D eigenvalue weighted by Crippen LogP contribution is -2.44. The van der Waals surface area contributed by atoms with Crippen LogP contribution < -0.4 is 11.1 Å². The molecular weight excluding hydrogens is 250 g/mol. The van der Waals surface area contributed by atoms with E-state index >= 15 is 0 Å². The van der Waals surface area contributed by atoms with Crippen LogP contribution in [0.15, 0.2) is 30.9 Å². The minimum absolute atomic E-state index is 0.316. The SMILES string of the molecule is NC1CC(Nc2cc(Cl)ccc2-n2cncn2)C1. The van der Waals surface area contributed by atoms with Gasteiger partial charge in [0.2, 0.25) is 0 Å². The molecule has 1 heterocycles. The molecule has 1 aliphatic carbocycles. The number of aromatic nitrogens is 3. The fourth-order valence-electron chi connectivity index (χ4n) is 2.16. The van der Waals surface area contributed by atoms with Crippen LogP contribution in [0.5, 0.6) is 0 Å². The molecular formula is C12H14ClN5. The van der Waals surface area contributed by atoms with E-state index in [1.807, 2.05) is 18.2 Å². The number of nitrogens with two attached hydrogens (primary N) is 1. The smallest absolute Gasteiger partial charge is 0.138 e. The molecule has 18 heavy (non-hydrogen) atoms. The third-order valence-corrected chi connectivity index (χ3v) is 3.39. The van der Waals surface area contributed by atoms with Crippen molar-refractivity contribution in [3.05, 3.63) is 35.9 Å². The second-order valence-corrected chi connectivity index (χ2v) is 5.01. The molecule has 0 unspecified atom stereocenters. The molecule has 94 valence electrons. The molecule has 0 atom stereocenters. The first-order valence-electron chi connectivity index (χ1n) is 5.89. The summed E-state index contributed by atoms with van der Waals surface area (Å²) in [4.78, 5) is 3.96. The van der Waals surface area contributed by atoms with Crippen molar-refractivity contribution in [2.24, 2.45) is 5.73 Å². The van der Waals surface area contributed by atoms with E-state index < -0.39 is 0 Å². The van der Waals surface area contributed by atoms with E-state index in [2.05, 4.69) is 15.4 Å². The van der Waals surface area contributed by atoms with Crippen molar-refractivity contribution in [1.82, 2.24) is 14.8 Å². The maximum atomic E-state index is 6.04. The predicted molar refractivity (Wildman–Crippen MR) is 71.0 cm³/mol. The second kappa shape index (κ2) is 4.59. The van der Waals surface area contributed by atoms with Crippen LogP contribution in [-0.4, -0.2) is 26.8 Å². The molecule has 0 saturated heterocycles. The summed E-state index contributed by atoms with van der Waals surface area (Å²) in [5.41, 5.74) is 7.70. The van der Waals surface area contributed by atoms with E-state index in [1.54, 1.807) is 11.0 Å². The number of nitrogens with zero attached hydrogens (tertiary/aromatic N) is 3. The highest BCUT2D eigenvalue weighted by molar-refractivity contribution is 6.31. The standard InChI is InChI=1S/C12H14ClN5/c13-8-1-2-12(18-7-15-6-16-18)11(3-8)17-10-4-9(14)5-10/h1-3,6-7,9-10,17H,4-5,14H2. The molecule has 5 nitrogen and oxygen atoms in total. The highest BCUT2D eigenvalue weighted by atomic mass is 35.5. The van der Waals surface area contributed by atoms with Gasteiger partial charge in [-0.15, -0.1) is 0 Å². The second-order valence-electron chi connectivity index (χ2n) is 4.57. The van der Waals surface area contributed by atoms with Crippen LogP contribution in [0.25, 0.3) is 5.69 Å².